The molecule has 8 nitrogen and oxygen atoms in total. The number of imide groups is 1. The van der Waals surface area contributed by atoms with Crippen molar-refractivity contribution in [2.45, 2.75) is 6.92 Å². The molecule has 0 saturated heterocycles. The summed E-state index contributed by atoms with van der Waals surface area (Å²) in [7, 11) is 1.47. The number of hydrogen-bond donors (Lipinski definition) is 1. The molecule has 0 fully saturated rings. The van der Waals surface area contributed by atoms with Gasteiger partial charge in [-0.25, -0.2) is 4.90 Å². The van der Waals surface area contributed by atoms with Gasteiger partial charge in [-0.05, 0) is 60.5 Å². The largest absolute Gasteiger partial charge is 0.495 e. The number of amides is 2. The van der Waals surface area contributed by atoms with E-state index in [1.54, 1.807) is 36.4 Å². The summed E-state index contributed by atoms with van der Waals surface area (Å²) >= 11 is 6.13. The molecule has 0 atom stereocenters. The predicted octanol–water partition coefficient (Wildman–Crippen LogP) is 4.96. The maximum atomic E-state index is 13.5. The highest BCUT2D eigenvalue weighted by molar-refractivity contribution is 6.46. The van der Waals surface area contributed by atoms with Crippen LogP contribution in [0.25, 0.3) is 5.57 Å². The Morgan fingerprint density at radius 3 is 2.36 bits per heavy atom. The summed E-state index contributed by atoms with van der Waals surface area (Å²) in [6, 6.07) is 17.3. The standard InChI is InChI=1S/C24H18ClN3O5/c1-14-4-3-5-18(12-14)27-23(29)21(15-6-9-17(10-7-15)28(31)32)22(24(27)30)26-19-13-16(25)8-11-20(19)33-2/h3-13,26H,1-2H3. The van der Waals surface area contributed by atoms with E-state index >= 15 is 0 Å². The minimum Gasteiger partial charge on any atom is -0.495 e. The number of halogens is 1. The lowest BCUT2D eigenvalue weighted by atomic mass is 10.0. The van der Waals surface area contributed by atoms with Crippen LogP contribution in [-0.4, -0.2) is 23.8 Å². The van der Waals surface area contributed by atoms with Gasteiger partial charge in [0.2, 0.25) is 0 Å². The first kappa shape index (κ1) is 22.0. The average Bonchev–Trinajstić information content (AvgIpc) is 3.03. The van der Waals surface area contributed by atoms with Crippen molar-refractivity contribution in [3.05, 3.63) is 98.7 Å². The summed E-state index contributed by atoms with van der Waals surface area (Å²) < 4.78 is 5.35. The Labute approximate surface area is 194 Å². The monoisotopic (exact) mass is 463 g/mol. The van der Waals surface area contributed by atoms with E-state index in [0.29, 0.717) is 27.7 Å². The molecular weight excluding hydrogens is 446 g/mol. The number of nitrogens with zero attached hydrogens (tertiary/aromatic N) is 2. The molecule has 9 heteroatoms. The lowest BCUT2D eigenvalue weighted by Gasteiger charge is -2.16. The maximum Gasteiger partial charge on any atom is 0.282 e. The van der Waals surface area contributed by atoms with E-state index in [0.717, 1.165) is 10.5 Å². The fourth-order valence-electron chi connectivity index (χ4n) is 3.58. The molecule has 3 aromatic carbocycles. The molecule has 0 bridgehead atoms. The zero-order valence-corrected chi connectivity index (χ0v) is 18.4. The first-order valence-electron chi connectivity index (χ1n) is 9.85. The van der Waals surface area contributed by atoms with Crippen molar-refractivity contribution >= 4 is 46.1 Å². The molecule has 0 radical (unpaired) electrons. The second-order valence-electron chi connectivity index (χ2n) is 7.31. The van der Waals surface area contributed by atoms with Crippen molar-refractivity contribution in [3.8, 4) is 5.75 Å². The summed E-state index contributed by atoms with van der Waals surface area (Å²) in [6.45, 7) is 1.86. The molecule has 4 rings (SSSR count). The fraction of sp³-hybridized carbons (Fsp3) is 0.0833. The van der Waals surface area contributed by atoms with E-state index < -0.39 is 16.7 Å². The molecular formula is C24H18ClN3O5. The Bertz CT molecular complexity index is 1320. The van der Waals surface area contributed by atoms with Gasteiger partial charge in [0.25, 0.3) is 17.5 Å². The number of anilines is 2. The number of nitro benzene ring substituents is 1. The quantitative estimate of drug-likeness (QED) is 0.315. The fourth-order valence-corrected chi connectivity index (χ4v) is 3.75. The Morgan fingerprint density at radius 2 is 1.73 bits per heavy atom. The summed E-state index contributed by atoms with van der Waals surface area (Å²) in [5.41, 5.74) is 2.01. The van der Waals surface area contributed by atoms with Gasteiger partial charge in [0.15, 0.2) is 0 Å². The first-order chi connectivity index (χ1) is 15.8. The molecule has 1 heterocycles. The van der Waals surface area contributed by atoms with E-state index in [1.165, 1.54) is 31.4 Å². The number of hydrogen-bond acceptors (Lipinski definition) is 6. The number of nitro groups is 1. The second kappa shape index (κ2) is 8.76. The van der Waals surface area contributed by atoms with Gasteiger partial charge in [0.1, 0.15) is 11.4 Å². The van der Waals surface area contributed by atoms with Crippen LogP contribution in [0.4, 0.5) is 17.1 Å². The van der Waals surface area contributed by atoms with E-state index in [1.807, 2.05) is 13.0 Å². The minimum atomic E-state index is -0.569. The van der Waals surface area contributed by atoms with Crippen molar-refractivity contribution in [2.24, 2.45) is 0 Å². The summed E-state index contributed by atoms with van der Waals surface area (Å²) in [5, 5.41) is 14.5. The Morgan fingerprint density at radius 1 is 1.00 bits per heavy atom. The number of carbonyl (C=O) groups excluding carboxylic acids is 2. The van der Waals surface area contributed by atoms with E-state index in [2.05, 4.69) is 5.32 Å². The molecule has 0 aromatic heterocycles. The summed E-state index contributed by atoms with van der Waals surface area (Å²) in [4.78, 5) is 38.6. The Hall–Kier alpha value is -4.17. The van der Waals surface area contributed by atoms with Crippen LogP contribution in [-0.2, 0) is 9.59 Å². The lowest BCUT2D eigenvalue weighted by Crippen LogP contribution is -2.32. The average molecular weight is 464 g/mol. The highest BCUT2D eigenvalue weighted by Gasteiger charge is 2.40. The molecule has 0 spiro atoms. The van der Waals surface area contributed by atoms with Gasteiger partial charge in [0.05, 0.1) is 29.0 Å². The van der Waals surface area contributed by atoms with Crippen molar-refractivity contribution in [2.75, 3.05) is 17.3 Å². The smallest absolute Gasteiger partial charge is 0.282 e. The number of aryl methyl sites for hydroxylation is 1. The first-order valence-corrected chi connectivity index (χ1v) is 10.2. The van der Waals surface area contributed by atoms with Crippen LogP contribution in [0.2, 0.25) is 5.02 Å². The van der Waals surface area contributed by atoms with Crippen LogP contribution >= 0.6 is 11.6 Å². The predicted molar refractivity (Wildman–Crippen MR) is 125 cm³/mol. The SMILES string of the molecule is COc1ccc(Cl)cc1NC1=C(c2ccc([N+](=O)[O-])cc2)C(=O)N(c2cccc(C)c2)C1=O. The van der Waals surface area contributed by atoms with Crippen LogP contribution in [0.15, 0.2) is 72.4 Å². The molecule has 1 aliphatic rings. The molecule has 33 heavy (non-hydrogen) atoms. The van der Waals surface area contributed by atoms with Gasteiger partial charge in [-0.1, -0.05) is 23.7 Å². The maximum absolute atomic E-state index is 13.5. The van der Waals surface area contributed by atoms with E-state index in [-0.39, 0.29) is 17.0 Å². The van der Waals surface area contributed by atoms with Gasteiger partial charge in [0, 0.05) is 17.2 Å². The van der Waals surface area contributed by atoms with Crippen LogP contribution < -0.4 is 15.0 Å². The van der Waals surface area contributed by atoms with E-state index in [4.69, 9.17) is 16.3 Å². The van der Waals surface area contributed by atoms with Gasteiger partial charge in [-0.15, -0.1) is 0 Å². The number of carbonyl (C=O) groups is 2. The number of methoxy groups -OCH3 is 1. The van der Waals surface area contributed by atoms with Crippen molar-refractivity contribution < 1.29 is 19.2 Å². The van der Waals surface area contributed by atoms with E-state index in [9.17, 15) is 19.7 Å². The highest BCUT2D eigenvalue weighted by Crippen LogP contribution is 2.37. The van der Waals surface area contributed by atoms with Gasteiger partial charge >= 0.3 is 0 Å². The molecule has 2 amide bonds. The van der Waals surface area contributed by atoms with Crippen LogP contribution in [0.1, 0.15) is 11.1 Å². The number of non-ortho nitro benzene ring substituents is 1. The molecule has 1 N–H and O–H groups in total. The Kier molecular flexibility index (Phi) is 5.85. The third-order valence-corrected chi connectivity index (χ3v) is 5.37. The van der Waals surface area contributed by atoms with Crippen molar-refractivity contribution in [1.29, 1.82) is 0 Å². The third-order valence-electron chi connectivity index (χ3n) is 5.13. The minimum absolute atomic E-state index is 0.0101. The third kappa shape index (κ3) is 4.16. The highest BCUT2D eigenvalue weighted by atomic mass is 35.5. The number of rotatable bonds is 6. The second-order valence-corrected chi connectivity index (χ2v) is 7.74. The van der Waals surface area contributed by atoms with Crippen molar-refractivity contribution in [3.63, 3.8) is 0 Å². The molecule has 0 aliphatic carbocycles. The molecule has 166 valence electrons. The normalized spacial score (nSPS) is 13.5. The molecule has 0 unspecified atom stereocenters. The number of ether oxygens (including phenoxy) is 1. The van der Waals surface area contributed by atoms with Crippen molar-refractivity contribution in [1.82, 2.24) is 0 Å². The van der Waals surface area contributed by atoms with Crippen LogP contribution in [0.5, 0.6) is 5.75 Å². The molecule has 0 saturated carbocycles. The number of nitrogens with one attached hydrogen (secondary N) is 1. The van der Waals surface area contributed by atoms with Crippen LogP contribution in [0.3, 0.4) is 0 Å². The number of benzene rings is 3. The van der Waals surface area contributed by atoms with Gasteiger partial charge < -0.3 is 10.1 Å². The Balaban J connectivity index is 1.86. The zero-order chi connectivity index (χ0) is 23.7. The van der Waals surface area contributed by atoms with Gasteiger partial charge in [-0.2, -0.15) is 0 Å². The molecule has 3 aromatic rings. The molecule has 1 aliphatic heterocycles. The van der Waals surface area contributed by atoms with Crippen LogP contribution in [0, 0.1) is 17.0 Å². The summed E-state index contributed by atoms with van der Waals surface area (Å²) in [6.07, 6.45) is 0. The topological polar surface area (TPSA) is 102 Å². The van der Waals surface area contributed by atoms with Gasteiger partial charge in [-0.3, -0.25) is 19.7 Å². The zero-order valence-electron chi connectivity index (χ0n) is 17.7. The lowest BCUT2D eigenvalue weighted by molar-refractivity contribution is -0.384. The summed E-state index contributed by atoms with van der Waals surface area (Å²) in [5.74, 6) is -0.701.